The Labute approximate surface area is 267 Å². The van der Waals surface area contributed by atoms with Gasteiger partial charge in [-0.2, -0.15) is 0 Å². The summed E-state index contributed by atoms with van der Waals surface area (Å²) in [7, 11) is 0. The van der Waals surface area contributed by atoms with Crippen molar-refractivity contribution in [3.63, 3.8) is 0 Å². The molecule has 212 valence electrons. The van der Waals surface area contributed by atoms with Crippen LogP contribution in [0, 0.1) is 0 Å². The van der Waals surface area contributed by atoms with Gasteiger partial charge in [0.2, 0.25) is 0 Å². The summed E-state index contributed by atoms with van der Waals surface area (Å²) in [5.74, 6) is 0. The molecule has 0 bridgehead atoms. The Balaban J connectivity index is 1.38. The van der Waals surface area contributed by atoms with E-state index in [0.717, 1.165) is 0 Å². The van der Waals surface area contributed by atoms with Crippen molar-refractivity contribution in [2.45, 2.75) is 0 Å². The van der Waals surface area contributed by atoms with Gasteiger partial charge in [-0.1, -0.05) is 158 Å². The van der Waals surface area contributed by atoms with Crippen molar-refractivity contribution in [2.75, 3.05) is 0 Å². The predicted molar refractivity (Wildman–Crippen MR) is 199 cm³/mol. The van der Waals surface area contributed by atoms with E-state index in [-0.39, 0.29) is 0 Å². The summed E-state index contributed by atoms with van der Waals surface area (Å²) in [5.41, 5.74) is 7.58. The second kappa shape index (κ2) is 9.76. The normalized spacial score (nSPS) is 11.9. The van der Waals surface area contributed by atoms with Crippen LogP contribution in [0.15, 0.2) is 170 Å². The lowest BCUT2D eigenvalue weighted by Gasteiger charge is -2.21. The summed E-state index contributed by atoms with van der Waals surface area (Å²) < 4.78 is 0. The molecule has 0 aromatic heterocycles. The lowest BCUT2D eigenvalue weighted by molar-refractivity contribution is 1.64. The Morgan fingerprint density at radius 1 is 0.239 bits per heavy atom. The van der Waals surface area contributed by atoms with Crippen LogP contribution in [-0.2, 0) is 0 Å². The maximum Gasteiger partial charge on any atom is -0.000763 e. The monoisotopic (exact) mass is 580 g/mol. The first kappa shape index (κ1) is 25.4. The molecule has 10 aromatic rings. The minimum absolute atomic E-state index is 1.24. The third-order valence-corrected chi connectivity index (χ3v) is 9.97. The topological polar surface area (TPSA) is 0 Å². The van der Waals surface area contributed by atoms with Gasteiger partial charge >= 0.3 is 0 Å². The van der Waals surface area contributed by atoms with Gasteiger partial charge in [-0.25, -0.2) is 0 Å². The molecule has 0 unspecified atom stereocenters. The number of benzene rings is 10. The van der Waals surface area contributed by atoms with E-state index in [1.165, 1.54) is 98.0 Å². The highest BCUT2D eigenvalue weighted by Crippen LogP contribution is 2.49. The summed E-state index contributed by atoms with van der Waals surface area (Å²) in [4.78, 5) is 0. The van der Waals surface area contributed by atoms with Crippen LogP contribution in [0.4, 0.5) is 0 Å². The van der Waals surface area contributed by atoms with Crippen molar-refractivity contribution in [3.8, 4) is 33.4 Å². The highest BCUT2D eigenvalue weighted by molar-refractivity contribution is 6.40. The molecule has 0 fully saturated rings. The molecule has 0 nitrogen and oxygen atoms in total. The lowest BCUT2D eigenvalue weighted by Crippen LogP contribution is -1.93. The van der Waals surface area contributed by atoms with E-state index >= 15 is 0 Å². The average Bonchev–Trinajstić information content (AvgIpc) is 3.13. The Kier molecular flexibility index (Phi) is 5.38. The Morgan fingerprint density at radius 2 is 0.804 bits per heavy atom. The second-order valence-electron chi connectivity index (χ2n) is 12.4. The van der Waals surface area contributed by atoms with E-state index in [2.05, 4.69) is 170 Å². The van der Waals surface area contributed by atoms with Crippen molar-refractivity contribution in [1.29, 1.82) is 0 Å². The number of fused-ring (bicyclic) bond motifs is 5. The van der Waals surface area contributed by atoms with Gasteiger partial charge in [0, 0.05) is 0 Å². The zero-order valence-corrected chi connectivity index (χ0v) is 25.2. The van der Waals surface area contributed by atoms with Crippen molar-refractivity contribution < 1.29 is 0 Å². The highest BCUT2D eigenvalue weighted by atomic mass is 14.2. The molecule has 10 rings (SSSR count). The fourth-order valence-electron chi connectivity index (χ4n) is 8.05. The maximum absolute atomic E-state index is 2.39. The summed E-state index contributed by atoms with van der Waals surface area (Å²) in [6.07, 6.45) is 0. The van der Waals surface area contributed by atoms with E-state index in [0.29, 0.717) is 0 Å². The largest absolute Gasteiger partial charge is 0.0622 e. The summed E-state index contributed by atoms with van der Waals surface area (Å²) in [5, 5.41) is 15.7. The summed E-state index contributed by atoms with van der Waals surface area (Å²) in [6, 6.07) is 62.7. The molecule has 0 heterocycles. The van der Waals surface area contributed by atoms with Crippen molar-refractivity contribution in [1.82, 2.24) is 0 Å². The van der Waals surface area contributed by atoms with E-state index < -0.39 is 0 Å². The number of hydrogen-bond donors (Lipinski definition) is 0. The minimum atomic E-state index is 1.24. The third-order valence-electron chi connectivity index (χ3n) is 9.97. The Morgan fingerprint density at radius 3 is 1.57 bits per heavy atom. The fourth-order valence-corrected chi connectivity index (χ4v) is 8.05. The molecular weight excluding hydrogens is 553 g/mol. The molecule has 0 aliphatic rings. The average molecular weight is 581 g/mol. The fraction of sp³-hybridized carbons (Fsp3) is 0. The van der Waals surface area contributed by atoms with Crippen molar-refractivity contribution >= 4 is 64.6 Å². The molecule has 0 atom stereocenters. The zero-order chi connectivity index (χ0) is 30.2. The van der Waals surface area contributed by atoms with Gasteiger partial charge in [0.1, 0.15) is 0 Å². The minimum Gasteiger partial charge on any atom is -0.0622 e. The lowest BCUT2D eigenvalue weighted by atomic mass is 9.81. The summed E-state index contributed by atoms with van der Waals surface area (Å²) in [6.45, 7) is 0. The molecule has 0 saturated carbocycles. The first-order valence-electron chi connectivity index (χ1n) is 16.0. The molecule has 0 amide bonds. The molecular formula is C46H28. The molecule has 0 saturated heterocycles. The van der Waals surface area contributed by atoms with Crippen LogP contribution in [0.25, 0.3) is 98.0 Å². The van der Waals surface area contributed by atoms with Crippen LogP contribution in [0.5, 0.6) is 0 Å². The smallest absolute Gasteiger partial charge is 0.000763 e. The summed E-state index contributed by atoms with van der Waals surface area (Å²) >= 11 is 0. The first-order valence-corrected chi connectivity index (χ1v) is 16.0. The van der Waals surface area contributed by atoms with E-state index in [9.17, 15) is 0 Å². The van der Waals surface area contributed by atoms with Crippen molar-refractivity contribution in [3.05, 3.63) is 170 Å². The Hall–Kier alpha value is -5.98. The van der Waals surface area contributed by atoms with Crippen LogP contribution in [0.1, 0.15) is 0 Å². The van der Waals surface area contributed by atoms with Crippen molar-refractivity contribution in [2.24, 2.45) is 0 Å². The highest BCUT2D eigenvalue weighted by Gasteiger charge is 2.21. The quantitative estimate of drug-likeness (QED) is 0.144. The first-order chi connectivity index (χ1) is 22.8. The molecule has 10 aromatic carbocycles. The van der Waals surface area contributed by atoms with Gasteiger partial charge in [-0.3, -0.25) is 0 Å². The van der Waals surface area contributed by atoms with Crippen LogP contribution in [0.3, 0.4) is 0 Å². The Bertz CT molecular complexity index is 2770. The van der Waals surface area contributed by atoms with Gasteiger partial charge in [0.25, 0.3) is 0 Å². The van der Waals surface area contributed by atoms with Crippen LogP contribution < -0.4 is 0 Å². The third kappa shape index (κ3) is 3.56. The number of hydrogen-bond acceptors (Lipinski definition) is 0. The van der Waals surface area contributed by atoms with Gasteiger partial charge in [-0.05, 0) is 110 Å². The molecule has 46 heavy (non-hydrogen) atoms. The predicted octanol–water partition coefficient (Wildman–Crippen LogP) is 13.0. The molecule has 0 aliphatic carbocycles. The maximum atomic E-state index is 2.39. The van der Waals surface area contributed by atoms with Gasteiger partial charge in [0.05, 0.1) is 0 Å². The zero-order valence-electron chi connectivity index (χ0n) is 25.2. The van der Waals surface area contributed by atoms with E-state index in [4.69, 9.17) is 0 Å². The molecule has 0 aliphatic heterocycles. The van der Waals surface area contributed by atoms with Crippen LogP contribution in [0.2, 0.25) is 0 Å². The molecule has 0 spiro atoms. The van der Waals surface area contributed by atoms with Gasteiger partial charge in [0.15, 0.2) is 0 Å². The molecule has 0 heteroatoms. The second-order valence-corrected chi connectivity index (χ2v) is 12.4. The SMILES string of the molecule is c1ccc(-c2cc(-c3ccc4c5c(-c6ccccc6)c6ccccc6c6cccc(c7cccc3c74)c65)cc3ccccc23)cc1. The van der Waals surface area contributed by atoms with Gasteiger partial charge in [-0.15, -0.1) is 0 Å². The van der Waals surface area contributed by atoms with E-state index in [1.807, 2.05) is 0 Å². The van der Waals surface area contributed by atoms with Crippen LogP contribution in [-0.4, -0.2) is 0 Å². The standard InChI is InChI=1S/C46H28/c1-3-13-29(14-4-1)42-28-32(27-31-17-7-8-18-33(31)42)34-25-26-41-44-36(34)21-11-23-39(44)40-24-12-22-38-35-19-9-10-20-37(35)43(46(41)45(38)40)30-15-5-2-6-16-30/h1-28H. The molecule has 0 radical (unpaired) electrons. The molecule has 0 N–H and O–H groups in total. The van der Waals surface area contributed by atoms with Crippen LogP contribution >= 0.6 is 0 Å². The van der Waals surface area contributed by atoms with Gasteiger partial charge < -0.3 is 0 Å². The van der Waals surface area contributed by atoms with E-state index in [1.54, 1.807) is 0 Å². The number of rotatable bonds is 3.